The zero-order chi connectivity index (χ0) is 20.4. The number of rotatable bonds is 7. The molecule has 29 heavy (non-hydrogen) atoms. The van der Waals surface area contributed by atoms with Crippen LogP contribution in [0.25, 0.3) is 0 Å². The van der Waals surface area contributed by atoms with E-state index in [-0.39, 0.29) is 23.2 Å². The van der Waals surface area contributed by atoms with E-state index in [1.165, 1.54) is 35.8 Å². The number of hydrogen-bond donors (Lipinski definition) is 1. The summed E-state index contributed by atoms with van der Waals surface area (Å²) < 4.78 is 5.22. The molecule has 2 aromatic heterocycles. The average molecular weight is 410 g/mol. The largest absolute Gasteiger partial charge is 0.467 e. The van der Waals surface area contributed by atoms with Crippen LogP contribution in [-0.2, 0) is 13.0 Å². The maximum absolute atomic E-state index is 12.7. The van der Waals surface area contributed by atoms with Crippen LogP contribution in [-0.4, -0.2) is 32.8 Å². The van der Waals surface area contributed by atoms with Gasteiger partial charge in [-0.05, 0) is 36.8 Å². The molecule has 0 bridgehead atoms. The fourth-order valence-electron chi connectivity index (χ4n) is 3.04. The molecule has 0 saturated carbocycles. The van der Waals surface area contributed by atoms with Crippen molar-refractivity contribution in [1.29, 1.82) is 0 Å². The minimum Gasteiger partial charge on any atom is -0.467 e. The van der Waals surface area contributed by atoms with Gasteiger partial charge in [0.05, 0.1) is 23.9 Å². The number of imide groups is 1. The molecule has 0 radical (unpaired) electrons. The van der Waals surface area contributed by atoms with Crippen molar-refractivity contribution >= 4 is 34.2 Å². The predicted octanol–water partition coefficient (Wildman–Crippen LogP) is 3.52. The molecular weight excluding hydrogens is 392 g/mol. The Labute approximate surface area is 170 Å². The number of anilines is 1. The molecule has 0 fully saturated rings. The molecule has 9 heteroatoms. The number of carbonyl (C=O) groups is 3. The first-order valence-corrected chi connectivity index (χ1v) is 10.0. The Kier molecular flexibility index (Phi) is 5.22. The standard InChI is InChI=1S/C20H18N4O4S/c1-2-3-6-16-22-23-20(29-16)21-17(25)12-7-8-14-15(10-12)19(27)24(18(14)26)11-13-5-4-9-28-13/h4-5,7-10H,2-3,6,11H2,1H3,(H,21,23,25). The normalized spacial score (nSPS) is 13.1. The quantitative estimate of drug-likeness (QED) is 0.598. The van der Waals surface area contributed by atoms with Crippen LogP contribution >= 0.6 is 11.3 Å². The molecular formula is C20H18N4O4S. The number of aromatic nitrogens is 2. The number of unbranched alkanes of at least 4 members (excludes halogenated alkanes) is 1. The van der Waals surface area contributed by atoms with Gasteiger partial charge in [-0.2, -0.15) is 0 Å². The summed E-state index contributed by atoms with van der Waals surface area (Å²) >= 11 is 1.33. The Hall–Kier alpha value is -3.33. The van der Waals surface area contributed by atoms with Gasteiger partial charge in [-0.15, -0.1) is 10.2 Å². The lowest BCUT2D eigenvalue weighted by atomic mass is 10.1. The summed E-state index contributed by atoms with van der Waals surface area (Å²) in [7, 11) is 0. The third-order valence-corrected chi connectivity index (χ3v) is 5.46. The number of carbonyl (C=O) groups excluding carboxylic acids is 3. The second-order valence-corrected chi connectivity index (χ2v) is 7.66. The highest BCUT2D eigenvalue weighted by Crippen LogP contribution is 2.26. The highest BCUT2D eigenvalue weighted by atomic mass is 32.1. The van der Waals surface area contributed by atoms with Crippen LogP contribution in [0, 0.1) is 0 Å². The van der Waals surface area contributed by atoms with Gasteiger partial charge in [-0.1, -0.05) is 24.7 Å². The van der Waals surface area contributed by atoms with E-state index in [0.29, 0.717) is 10.9 Å². The lowest BCUT2D eigenvalue weighted by Crippen LogP contribution is -2.28. The molecule has 1 aromatic carbocycles. The van der Waals surface area contributed by atoms with E-state index in [4.69, 9.17) is 4.42 Å². The van der Waals surface area contributed by atoms with Crippen molar-refractivity contribution in [3.8, 4) is 0 Å². The van der Waals surface area contributed by atoms with Crippen LogP contribution in [0.3, 0.4) is 0 Å². The van der Waals surface area contributed by atoms with Gasteiger partial charge in [0.2, 0.25) is 5.13 Å². The van der Waals surface area contributed by atoms with Gasteiger partial charge in [0.15, 0.2) is 0 Å². The lowest BCUT2D eigenvalue weighted by Gasteiger charge is -2.11. The Morgan fingerprint density at radius 2 is 2.00 bits per heavy atom. The molecule has 1 aliphatic heterocycles. The van der Waals surface area contributed by atoms with E-state index in [1.54, 1.807) is 12.1 Å². The summed E-state index contributed by atoms with van der Waals surface area (Å²) in [6, 6.07) is 7.84. The zero-order valence-electron chi connectivity index (χ0n) is 15.7. The van der Waals surface area contributed by atoms with Crippen molar-refractivity contribution in [1.82, 2.24) is 15.1 Å². The molecule has 1 N–H and O–H groups in total. The molecule has 3 aromatic rings. The molecule has 8 nitrogen and oxygen atoms in total. The SMILES string of the molecule is CCCCc1nnc(NC(=O)c2ccc3c(c2)C(=O)N(Cc2ccco2)C3=O)s1. The van der Waals surface area contributed by atoms with Crippen LogP contribution in [0.4, 0.5) is 5.13 Å². The molecule has 3 amide bonds. The first-order chi connectivity index (χ1) is 14.1. The van der Waals surface area contributed by atoms with E-state index >= 15 is 0 Å². The third kappa shape index (κ3) is 3.81. The molecule has 0 spiro atoms. The molecule has 4 rings (SSSR count). The van der Waals surface area contributed by atoms with Crippen LogP contribution in [0.1, 0.15) is 61.6 Å². The average Bonchev–Trinajstić information content (AvgIpc) is 3.45. The Morgan fingerprint density at radius 3 is 2.76 bits per heavy atom. The van der Waals surface area contributed by atoms with Gasteiger partial charge in [0.1, 0.15) is 10.8 Å². The summed E-state index contributed by atoms with van der Waals surface area (Å²) in [5.41, 5.74) is 0.751. The smallest absolute Gasteiger partial charge is 0.261 e. The summed E-state index contributed by atoms with van der Waals surface area (Å²) in [5.74, 6) is -0.754. The third-order valence-electron chi connectivity index (χ3n) is 4.56. The van der Waals surface area contributed by atoms with Crippen molar-refractivity contribution in [2.75, 3.05) is 5.32 Å². The number of hydrogen-bond acceptors (Lipinski definition) is 7. The topological polar surface area (TPSA) is 105 Å². The van der Waals surface area contributed by atoms with E-state index in [1.807, 2.05) is 0 Å². The Balaban J connectivity index is 1.49. The highest BCUT2D eigenvalue weighted by Gasteiger charge is 2.36. The van der Waals surface area contributed by atoms with Crippen LogP contribution in [0.15, 0.2) is 41.0 Å². The maximum atomic E-state index is 12.7. The van der Waals surface area contributed by atoms with Crippen molar-refractivity contribution in [2.45, 2.75) is 32.7 Å². The van der Waals surface area contributed by atoms with Crippen LogP contribution < -0.4 is 5.32 Å². The fourth-order valence-corrected chi connectivity index (χ4v) is 3.81. The highest BCUT2D eigenvalue weighted by molar-refractivity contribution is 7.15. The predicted molar refractivity (Wildman–Crippen MR) is 106 cm³/mol. The fraction of sp³-hybridized carbons (Fsp3) is 0.250. The van der Waals surface area contributed by atoms with Crippen molar-refractivity contribution in [3.63, 3.8) is 0 Å². The van der Waals surface area contributed by atoms with E-state index in [9.17, 15) is 14.4 Å². The number of amides is 3. The molecule has 0 atom stereocenters. The van der Waals surface area contributed by atoms with Crippen LogP contribution in [0.2, 0.25) is 0 Å². The van der Waals surface area contributed by atoms with Gasteiger partial charge in [-0.25, -0.2) is 0 Å². The Bertz CT molecular complexity index is 1070. The van der Waals surface area contributed by atoms with Gasteiger partial charge in [-0.3, -0.25) is 24.6 Å². The van der Waals surface area contributed by atoms with Crippen molar-refractivity contribution in [3.05, 3.63) is 64.1 Å². The van der Waals surface area contributed by atoms with Crippen LogP contribution in [0.5, 0.6) is 0 Å². The first-order valence-electron chi connectivity index (χ1n) is 9.23. The minimum absolute atomic E-state index is 0.0478. The second kappa shape index (κ2) is 7.96. The minimum atomic E-state index is -0.450. The monoisotopic (exact) mass is 410 g/mol. The van der Waals surface area contributed by atoms with E-state index < -0.39 is 17.7 Å². The maximum Gasteiger partial charge on any atom is 0.261 e. The lowest BCUT2D eigenvalue weighted by molar-refractivity contribution is 0.0631. The summed E-state index contributed by atoms with van der Waals surface area (Å²) in [6.45, 7) is 2.14. The van der Waals surface area contributed by atoms with Gasteiger partial charge in [0, 0.05) is 12.0 Å². The number of furan rings is 1. The number of nitrogens with zero attached hydrogens (tertiary/aromatic N) is 3. The van der Waals surface area contributed by atoms with Crippen molar-refractivity contribution in [2.24, 2.45) is 0 Å². The Morgan fingerprint density at radius 1 is 1.17 bits per heavy atom. The van der Waals surface area contributed by atoms with Crippen molar-refractivity contribution < 1.29 is 18.8 Å². The van der Waals surface area contributed by atoms with Gasteiger partial charge in [0.25, 0.3) is 17.7 Å². The summed E-state index contributed by atoms with van der Waals surface area (Å²) in [4.78, 5) is 38.9. The molecule has 1 aliphatic rings. The van der Waals surface area contributed by atoms with Gasteiger partial charge < -0.3 is 4.42 Å². The number of fused-ring (bicyclic) bond motifs is 1. The zero-order valence-corrected chi connectivity index (χ0v) is 16.5. The molecule has 0 aliphatic carbocycles. The van der Waals surface area contributed by atoms with E-state index in [2.05, 4.69) is 22.4 Å². The van der Waals surface area contributed by atoms with Gasteiger partial charge >= 0.3 is 0 Å². The molecule has 0 saturated heterocycles. The number of nitrogens with one attached hydrogen (secondary N) is 1. The molecule has 148 valence electrons. The number of aryl methyl sites for hydroxylation is 1. The summed E-state index contributed by atoms with van der Waals surface area (Å²) in [5, 5.41) is 12.0. The molecule has 0 unspecified atom stereocenters. The number of benzene rings is 1. The second-order valence-electron chi connectivity index (χ2n) is 6.59. The first kappa shape index (κ1) is 19.0. The molecule has 3 heterocycles. The van der Waals surface area contributed by atoms with E-state index in [0.717, 1.165) is 29.2 Å². The summed E-state index contributed by atoms with van der Waals surface area (Å²) in [6.07, 6.45) is 4.38.